The third kappa shape index (κ3) is 3.67. The van der Waals surface area contributed by atoms with E-state index in [4.69, 9.17) is 18.2 Å². The highest BCUT2D eigenvalue weighted by Gasteiger charge is 2.19. The number of H-pyrrole nitrogens is 1. The molecule has 0 unspecified atom stereocenters. The maximum atomic E-state index is 12.8. The number of furan rings is 3. The van der Waals surface area contributed by atoms with Gasteiger partial charge in [0, 0.05) is 10.9 Å². The molecule has 8 heteroatoms. The smallest absolute Gasteiger partial charge is 0.260 e. The summed E-state index contributed by atoms with van der Waals surface area (Å²) >= 11 is 1.44. The molecule has 5 heterocycles. The largest absolute Gasteiger partial charge is 0.464 e. The Balaban J connectivity index is 1.46. The molecule has 0 radical (unpaired) electrons. The van der Waals surface area contributed by atoms with Gasteiger partial charge >= 0.3 is 0 Å². The zero-order chi connectivity index (χ0) is 19.6. The van der Waals surface area contributed by atoms with Crippen LogP contribution in [0, 0.1) is 0 Å². The Hall–Kier alpha value is -3.36. The molecule has 0 aliphatic rings. The summed E-state index contributed by atoms with van der Waals surface area (Å²) in [6, 6.07) is 11.3. The van der Waals surface area contributed by atoms with E-state index in [1.54, 1.807) is 24.9 Å². The van der Waals surface area contributed by atoms with Crippen molar-refractivity contribution >= 4 is 21.6 Å². The average Bonchev–Trinajstić information content (AvgIpc) is 3.49. The van der Waals surface area contributed by atoms with Gasteiger partial charge in [-0.3, -0.25) is 4.79 Å². The molecule has 146 valence electrons. The van der Waals surface area contributed by atoms with Gasteiger partial charge in [0.2, 0.25) is 0 Å². The van der Waals surface area contributed by atoms with E-state index in [1.807, 2.05) is 35.7 Å². The van der Waals surface area contributed by atoms with Crippen molar-refractivity contribution in [2.45, 2.75) is 19.6 Å². The van der Waals surface area contributed by atoms with E-state index < -0.39 is 0 Å². The summed E-state index contributed by atoms with van der Waals surface area (Å²) in [4.78, 5) is 22.3. The Morgan fingerprint density at radius 2 is 1.62 bits per heavy atom. The molecule has 0 atom stereocenters. The number of rotatable bonds is 7. The molecule has 0 fully saturated rings. The summed E-state index contributed by atoms with van der Waals surface area (Å²) in [7, 11) is 0. The van der Waals surface area contributed by atoms with Gasteiger partial charge in [-0.05, 0) is 36.4 Å². The number of hydrogen-bond donors (Lipinski definition) is 2. The Bertz CT molecular complexity index is 1220. The highest BCUT2D eigenvalue weighted by atomic mass is 32.1. The Morgan fingerprint density at radius 1 is 0.931 bits per heavy atom. The minimum atomic E-state index is -0.159. The molecule has 0 aliphatic carbocycles. The molecular weight excluding hydrogens is 390 g/mol. The molecular formula is C21H18N3O4S+. The second-order valence-corrected chi connectivity index (χ2v) is 7.62. The lowest BCUT2D eigenvalue weighted by Crippen LogP contribution is -3.08. The van der Waals surface area contributed by atoms with Crippen LogP contribution < -0.4 is 10.5 Å². The number of hydrogen-bond acceptors (Lipinski definition) is 6. The molecule has 0 spiro atoms. The summed E-state index contributed by atoms with van der Waals surface area (Å²) in [6.07, 6.45) is 4.92. The summed E-state index contributed by atoms with van der Waals surface area (Å²) in [5, 5.41) is 2.47. The molecule has 2 N–H and O–H groups in total. The first-order valence-electron chi connectivity index (χ1n) is 9.19. The molecule has 29 heavy (non-hydrogen) atoms. The maximum Gasteiger partial charge on any atom is 0.260 e. The van der Waals surface area contributed by atoms with Crippen LogP contribution >= 0.6 is 11.3 Å². The van der Waals surface area contributed by atoms with Gasteiger partial charge in [0.25, 0.3) is 5.56 Å². The minimum Gasteiger partial charge on any atom is -0.464 e. The van der Waals surface area contributed by atoms with Crippen LogP contribution in [-0.4, -0.2) is 9.97 Å². The third-order valence-corrected chi connectivity index (χ3v) is 5.58. The second-order valence-electron chi connectivity index (χ2n) is 6.76. The van der Waals surface area contributed by atoms with Gasteiger partial charge in [-0.2, -0.15) is 0 Å². The Labute approximate surface area is 169 Å². The van der Waals surface area contributed by atoms with E-state index in [2.05, 4.69) is 4.98 Å². The average molecular weight is 408 g/mol. The van der Waals surface area contributed by atoms with Gasteiger partial charge in [0.05, 0.1) is 24.2 Å². The summed E-state index contributed by atoms with van der Waals surface area (Å²) in [5.41, 5.74) is 0.610. The predicted octanol–water partition coefficient (Wildman–Crippen LogP) is 3.22. The number of aromatic amines is 1. The van der Waals surface area contributed by atoms with Crippen LogP contribution in [0.4, 0.5) is 0 Å². The van der Waals surface area contributed by atoms with Crippen molar-refractivity contribution in [3.05, 3.63) is 88.3 Å². The topological polar surface area (TPSA) is 89.6 Å². The molecule has 7 nitrogen and oxygen atoms in total. The molecule has 5 aromatic rings. The van der Waals surface area contributed by atoms with Crippen molar-refractivity contribution in [1.82, 2.24) is 9.97 Å². The predicted molar refractivity (Wildman–Crippen MR) is 107 cm³/mol. The number of nitrogens with zero attached hydrogens (tertiary/aromatic N) is 1. The quantitative estimate of drug-likeness (QED) is 0.432. The molecule has 5 rings (SSSR count). The van der Waals surface area contributed by atoms with Crippen LogP contribution in [0.5, 0.6) is 0 Å². The van der Waals surface area contributed by atoms with E-state index in [9.17, 15) is 4.79 Å². The molecule has 0 amide bonds. The molecule has 0 aliphatic heterocycles. The standard InChI is InChI=1S/C21H17N3O4S/c25-20-19-16(17-6-3-9-28-17)13-29-21(19)23-18(22-20)12-24(10-14-4-1-7-26-14)11-15-5-2-8-27-15/h1-9,13H,10-12H2,(H,22,23,25)/p+1. The van der Waals surface area contributed by atoms with Crippen LogP contribution in [0.2, 0.25) is 0 Å². The van der Waals surface area contributed by atoms with E-state index in [0.29, 0.717) is 41.4 Å². The summed E-state index contributed by atoms with van der Waals surface area (Å²) in [5.74, 6) is 3.03. The van der Waals surface area contributed by atoms with Crippen molar-refractivity contribution in [1.29, 1.82) is 0 Å². The Kier molecular flexibility index (Phi) is 4.63. The van der Waals surface area contributed by atoms with Gasteiger partial charge in [-0.15, -0.1) is 11.3 Å². The SMILES string of the molecule is O=c1[nH]c(C[NH+](Cc2ccco2)Cc2ccco2)nc2scc(-c3ccco3)c12. The van der Waals surface area contributed by atoms with Gasteiger partial charge < -0.3 is 23.1 Å². The second kappa shape index (κ2) is 7.57. The molecule has 0 aromatic carbocycles. The lowest BCUT2D eigenvalue weighted by molar-refractivity contribution is -0.943. The van der Waals surface area contributed by atoms with Crippen molar-refractivity contribution in [2.24, 2.45) is 0 Å². The fourth-order valence-electron chi connectivity index (χ4n) is 3.43. The van der Waals surface area contributed by atoms with Crippen LogP contribution in [-0.2, 0) is 19.6 Å². The highest BCUT2D eigenvalue weighted by Crippen LogP contribution is 2.30. The van der Waals surface area contributed by atoms with Crippen molar-refractivity contribution in [3.8, 4) is 11.3 Å². The van der Waals surface area contributed by atoms with Crippen LogP contribution in [0.25, 0.3) is 21.5 Å². The van der Waals surface area contributed by atoms with E-state index >= 15 is 0 Å². The minimum absolute atomic E-state index is 0.159. The van der Waals surface area contributed by atoms with Crippen molar-refractivity contribution in [3.63, 3.8) is 0 Å². The van der Waals surface area contributed by atoms with Crippen molar-refractivity contribution < 1.29 is 18.2 Å². The number of fused-ring (bicyclic) bond motifs is 1. The van der Waals surface area contributed by atoms with E-state index in [1.165, 1.54) is 11.3 Å². The Morgan fingerprint density at radius 3 is 2.24 bits per heavy atom. The first-order chi connectivity index (χ1) is 14.3. The van der Waals surface area contributed by atoms with Crippen LogP contribution in [0.3, 0.4) is 0 Å². The number of thiophene rings is 1. The van der Waals surface area contributed by atoms with E-state index in [-0.39, 0.29) is 5.56 Å². The molecule has 0 saturated heterocycles. The molecule has 5 aromatic heterocycles. The lowest BCUT2D eigenvalue weighted by Gasteiger charge is -2.16. The highest BCUT2D eigenvalue weighted by molar-refractivity contribution is 7.17. The fourth-order valence-corrected chi connectivity index (χ4v) is 4.38. The van der Waals surface area contributed by atoms with Gasteiger partial charge in [-0.25, -0.2) is 4.98 Å². The summed E-state index contributed by atoms with van der Waals surface area (Å²) in [6.45, 7) is 1.83. The molecule has 0 bridgehead atoms. The van der Waals surface area contributed by atoms with Crippen molar-refractivity contribution in [2.75, 3.05) is 0 Å². The van der Waals surface area contributed by atoms with Gasteiger partial charge in [0.15, 0.2) is 17.3 Å². The zero-order valence-corrected chi connectivity index (χ0v) is 16.2. The van der Waals surface area contributed by atoms with Gasteiger partial charge in [-0.1, -0.05) is 0 Å². The first kappa shape index (κ1) is 17.7. The number of quaternary nitrogens is 1. The normalized spacial score (nSPS) is 11.6. The fraction of sp³-hybridized carbons (Fsp3) is 0.143. The zero-order valence-electron chi connectivity index (χ0n) is 15.4. The maximum absolute atomic E-state index is 12.8. The number of nitrogens with one attached hydrogen (secondary N) is 2. The van der Waals surface area contributed by atoms with Crippen LogP contribution in [0.1, 0.15) is 17.3 Å². The van der Waals surface area contributed by atoms with Gasteiger partial charge in [0.1, 0.15) is 30.2 Å². The number of aromatic nitrogens is 2. The summed E-state index contributed by atoms with van der Waals surface area (Å²) < 4.78 is 16.5. The third-order valence-electron chi connectivity index (χ3n) is 4.71. The van der Waals surface area contributed by atoms with E-state index in [0.717, 1.165) is 22.0 Å². The van der Waals surface area contributed by atoms with Crippen LogP contribution in [0.15, 0.2) is 78.6 Å². The lowest BCUT2D eigenvalue weighted by atomic mass is 10.2. The monoisotopic (exact) mass is 408 g/mol. The molecule has 0 saturated carbocycles. The first-order valence-corrected chi connectivity index (χ1v) is 10.1.